The van der Waals surface area contributed by atoms with Gasteiger partial charge >= 0.3 is 0 Å². The number of anilines is 3. The first-order valence-electron chi connectivity index (χ1n) is 12.3. The number of amides is 2. The molecule has 2 aromatic rings. The summed E-state index contributed by atoms with van der Waals surface area (Å²) in [5.41, 5.74) is 2.29. The first kappa shape index (κ1) is 25.0. The standard InChI is InChI=1S/C26H34N4O4S/c1-19-12-16-29(17-13-19)25-11-8-22(18-24(25)26(32)30-14-4-3-5-15-30)28-35(33,34)23-9-6-21(7-10-23)27-20(2)31/h6-11,18-19,28H,3-5,12-17H2,1-2H3,(H,27,31). The predicted molar refractivity (Wildman–Crippen MR) is 138 cm³/mol. The molecule has 2 amide bonds. The fourth-order valence-electron chi connectivity index (χ4n) is 4.70. The van der Waals surface area contributed by atoms with E-state index in [-0.39, 0.29) is 16.7 Å². The maximum Gasteiger partial charge on any atom is 0.261 e. The third-order valence-electron chi connectivity index (χ3n) is 6.73. The van der Waals surface area contributed by atoms with Crippen molar-refractivity contribution in [3.05, 3.63) is 48.0 Å². The number of carbonyl (C=O) groups is 2. The van der Waals surface area contributed by atoms with Gasteiger partial charge in [-0.2, -0.15) is 0 Å². The quantitative estimate of drug-likeness (QED) is 0.618. The summed E-state index contributed by atoms with van der Waals surface area (Å²) < 4.78 is 28.7. The summed E-state index contributed by atoms with van der Waals surface area (Å²) in [6.45, 7) is 6.86. The molecule has 0 radical (unpaired) electrons. The summed E-state index contributed by atoms with van der Waals surface area (Å²) in [4.78, 5) is 29.0. The molecule has 2 N–H and O–H groups in total. The molecule has 2 heterocycles. The van der Waals surface area contributed by atoms with Gasteiger partial charge in [0.2, 0.25) is 5.91 Å². The second kappa shape index (κ2) is 10.7. The number of sulfonamides is 1. The van der Waals surface area contributed by atoms with E-state index in [4.69, 9.17) is 0 Å². The van der Waals surface area contributed by atoms with Crippen LogP contribution >= 0.6 is 0 Å². The van der Waals surface area contributed by atoms with Crippen molar-refractivity contribution in [2.24, 2.45) is 5.92 Å². The third-order valence-corrected chi connectivity index (χ3v) is 8.13. The van der Waals surface area contributed by atoms with Crippen molar-refractivity contribution in [2.75, 3.05) is 41.1 Å². The molecule has 35 heavy (non-hydrogen) atoms. The normalized spacial score (nSPS) is 17.2. The Labute approximate surface area is 207 Å². The van der Waals surface area contributed by atoms with Gasteiger partial charge in [-0.1, -0.05) is 6.92 Å². The Kier molecular flexibility index (Phi) is 7.64. The fraction of sp³-hybridized carbons (Fsp3) is 0.462. The van der Waals surface area contributed by atoms with Gasteiger partial charge in [-0.3, -0.25) is 14.3 Å². The zero-order valence-electron chi connectivity index (χ0n) is 20.4. The molecule has 9 heteroatoms. The summed E-state index contributed by atoms with van der Waals surface area (Å²) >= 11 is 0. The van der Waals surface area contributed by atoms with Gasteiger partial charge in [0.05, 0.1) is 10.5 Å². The minimum Gasteiger partial charge on any atom is -0.371 e. The van der Waals surface area contributed by atoms with E-state index in [9.17, 15) is 18.0 Å². The predicted octanol–water partition coefficient (Wildman–Crippen LogP) is 4.31. The Morgan fingerprint density at radius 3 is 2.14 bits per heavy atom. The van der Waals surface area contributed by atoms with Gasteiger partial charge < -0.3 is 15.1 Å². The highest BCUT2D eigenvalue weighted by Crippen LogP contribution is 2.31. The Balaban J connectivity index is 1.61. The van der Waals surface area contributed by atoms with Crippen LogP contribution in [0.15, 0.2) is 47.4 Å². The molecule has 2 saturated heterocycles. The fourth-order valence-corrected chi connectivity index (χ4v) is 5.75. The van der Waals surface area contributed by atoms with Crippen LogP contribution in [0.5, 0.6) is 0 Å². The van der Waals surface area contributed by atoms with E-state index >= 15 is 0 Å². The van der Waals surface area contributed by atoms with E-state index in [1.54, 1.807) is 24.3 Å². The molecular weight excluding hydrogens is 464 g/mol. The van der Waals surface area contributed by atoms with Crippen molar-refractivity contribution < 1.29 is 18.0 Å². The Morgan fingerprint density at radius 1 is 0.886 bits per heavy atom. The molecule has 0 aromatic heterocycles. The number of piperidine rings is 2. The zero-order valence-corrected chi connectivity index (χ0v) is 21.2. The number of hydrogen-bond donors (Lipinski definition) is 2. The molecule has 2 fully saturated rings. The first-order valence-corrected chi connectivity index (χ1v) is 13.8. The third kappa shape index (κ3) is 6.14. The molecule has 0 unspecified atom stereocenters. The number of likely N-dealkylation sites (tertiary alicyclic amines) is 1. The van der Waals surface area contributed by atoms with Crippen LogP contribution in [0.2, 0.25) is 0 Å². The topological polar surface area (TPSA) is 98.8 Å². The maximum absolute atomic E-state index is 13.5. The average molecular weight is 499 g/mol. The summed E-state index contributed by atoms with van der Waals surface area (Å²) in [7, 11) is -3.87. The molecule has 0 atom stereocenters. The number of rotatable bonds is 6. The van der Waals surface area contributed by atoms with Crippen LogP contribution in [0.1, 0.15) is 56.3 Å². The Bertz CT molecular complexity index is 1170. The van der Waals surface area contributed by atoms with Gasteiger partial charge in [0.25, 0.3) is 15.9 Å². The molecule has 2 aromatic carbocycles. The first-order chi connectivity index (χ1) is 16.7. The van der Waals surface area contributed by atoms with Crippen LogP contribution in [0.4, 0.5) is 17.1 Å². The lowest BCUT2D eigenvalue weighted by Crippen LogP contribution is -2.38. The monoisotopic (exact) mass is 498 g/mol. The lowest BCUT2D eigenvalue weighted by atomic mass is 9.97. The summed E-state index contributed by atoms with van der Waals surface area (Å²) in [6, 6.07) is 11.2. The van der Waals surface area contributed by atoms with Gasteiger partial charge in [-0.15, -0.1) is 0 Å². The Morgan fingerprint density at radius 2 is 1.51 bits per heavy atom. The van der Waals surface area contributed by atoms with E-state index in [2.05, 4.69) is 21.9 Å². The maximum atomic E-state index is 13.5. The minimum absolute atomic E-state index is 0.0426. The van der Waals surface area contributed by atoms with Crippen LogP contribution in [-0.4, -0.2) is 51.3 Å². The van der Waals surface area contributed by atoms with Crippen molar-refractivity contribution in [2.45, 2.75) is 50.8 Å². The molecule has 0 bridgehead atoms. The molecule has 4 rings (SSSR count). The number of benzene rings is 2. The van der Waals surface area contributed by atoms with Crippen molar-refractivity contribution in [3.8, 4) is 0 Å². The van der Waals surface area contributed by atoms with Crippen molar-refractivity contribution >= 4 is 38.9 Å². The molecule has 0 saturated carbocycles. The minimum atomic E-state index is -3.87. The number of hydrogen-bond acceptors (Lipinski definition) is 5. The largest absolute Gasteiger partial charge is 0.371 e. The van der Waals surface area contributed by atoms with Gasteiger partial charge in [-0.25, -0.2) is 8.42 Å². The van der Waals surface area contributed by atoms with Gasteiger partial charge in [0.15, 0.2) is 0 Å². The van der Waals surface area contributed by atoms with Crippen molar-refractivity contribution in [1.82, 2.24) is 4.90 Å². The second-order valence-electron chi connectivity index (χ2n) is 9.57. The lowest BCUT2D eigenvalue weighted by molar-refractivity contribution is -0.114. The van der Waals surface area contributed by atoms with E-state index in [0.717, 1.165) is 64.0 Å². The molecule has 2 aliphatic rings. The molecule has 2 aliphatic heterocycles. The average Bonchev–Trinajstić information content (AvgIpc) is 2.84. The molecule has 0 aliphatic carbocycles. The number of carbonyl (C=O) groups excluding carboxylic acids is 2. The summed E-state index contributed by atoms with van der Waals surface area (Å²) in [5, 5.41) is 2.62. The highest BCUT2D eigenvalue weighted by Gasteiger charge is 2.26. The van der Waals surface area contributed by atoms with Crippen LogP contribution in [0, 0.1) is 5.92 Å². The van der Waals surface area contributed by atoms with Crippen LogP contribution in [0.25, 0.3) is 0 Å². The highest BCUT2D eigenvalue weighted by molar-refractivity contribution is 7.92. The molecular formula is C26H34N4O4S. The van der Waals surface area contributed by atoms with E-state index < -0.39 is 10.0 Å². The van der Waals surface area contributed by atoms with Crippen molar-refractivity contribution in [3.63, 3.8) is 0 Å². The zero-order chi connectivity index (χ0) is 25.0. The van der Waals surface area contributed by atoms with Crippen molar-refractivity contribution in [1.29, 1.82) is 0 Å². The SMILES string of the molecule is CC(=O)Nc1ccc(S(=O)(=O)Nc2ccc(N3CCC(C)CC3)c(C(=O)N3CCCCC3)c2)cc1. The molecule has 188 valence electrons. The van der Waals surface area contributed by atoms with Crippen LogP contribution < -0.4 is 14.9 Å². The second-order valence-corrected chi connectivity index (χ2v) is 11.2. The Hall–Kier alpha value is -3.07. The summed E-state index contributed by atoms with van der Waals surface area (Å²) in [6.07, 6.45) is 5.24. The van der Waals surface area contributed by atoms with E-state index in [1.807, 2.05) is 11.0 Å². The highest BCUT2D eigenvalue weighted by atomic mass is 32.2. The molecule has 8 nitrogen and oxygen atoms in total. The van der Waals surface area contributed by atoms with E-state index in [1.165, 1.54) is 19.1 Å². The van der Waals surface area contributed by atoms with Crippen LogP contribution in [-0.2, 0) is 14.8 Å². The number of nitrogens with one attached hydrogen (secondary N) is 2. The van der Waals surface area contributed by atoms with E-state index in [0.29, 0.717) is 22.9 Å². The van der Waals surface area contributed by atoms with Gasteiger partial charge in [-0.05, 0) is 80.5 Å². The lowest BCUT2D eigenvalue weighted by Gasteiger charge is -2.35. The van der Waals surface area contributed by atoms with Crippen LogP contribution in [0.3, 0.4) is 0 Å². The van der Waals surface area contributed by atoms with Gasteiger partial charge in [0, 0.05) is 50.2 Å². The number of nitrogens with zero attached hydrogens (tertiary/aromatic N) is 2. The van der Waals surface area contributed by atoms with Gasteiger partial charge in [0.1, 0.15) is 0 Å². The summed E-state index contributed by atoms with van der Waals surface area (Å²) in [5.74, 6) is 0.391. The smallest absolute Gasteiger partial charge is 0.261 e. The molecule has 0 spiro atoms.